The highest BCUT2D eigenvalue weighted by atomic mass is 15.1. The maximum absolute atomic E-state index is 6.02. The van der Waals surface area contributed by atoms with Crippen molar-refractivity contribution in [2.45, 2.75) is 66.2 Å². The highest BCUT2D eigenvalue weighted by molar-refractivity contribution is 6.12. The average Bonchev–Trinajstić information content (AvgIpc) is 1.70. The lowest BCUT2D eigenvalue weighted by molar-refractivity contribution is 0.591. The third kappa shape index (κ3) is 9.50. The monoisotopic (exact) mass is 1170 g/mol. The van der Waals surface area contributed by atoms with E-state index < -0.39 is 0 Å². The minimum absolute atomic E-state index is 0.00186. The summed E-state index contributed by atoms with van der Waals surface area (Å²) >= 11 is 0. The fraction of sp³-hybridized carbons (Fsp3) is 0.119. The molecule has 0 N–H and O–H groups in total. The Morgan fingerprint density at radius 2 is 0.670 bits per heavy atom. The molecule has 5 aromatic heterocycles. The van der Waals surface area contributed by atoms with E-state index in [1.165, 1.54) is 65.6 Å². The summed E-state index contributed by atoms with van der Waals surface area (Å²) in [6.07, 6.45) is 0. The van der Waals surface area contributed by atoms with E-state index in [-0.39, 0.29) is 10.8 Å². The predicted molar refractivity (Wildman–Crippen MR) is 380 cm³/mol. The molecule has 438 valence electrons. The Hall–Kier alpha value is -11.0. The lowest BCUT2D eigenvalue weighted by atomic mass is 9.86. The molecule has 0 bridgehead atoms. The number of fused-ring (bicyclic) bond motifs is 9. The maximum atomic E-state index is 6.02. The number of nitrogens with zero attached hydrogens (tertiary/aromatic N) is 7. The molecule has 11 aromatic carbocycles. The predicted octanol–water partition coefficient (Wildman–Crippen LogP) is 21.8. The van der Waals surface area contributed by atoms with Crippen molar-refractivity contribution in [2.24, 2.45) is 0 Å². The molecule has 0 atom stereocenters. The SMILES string of the molecule is Cc1ccc2c(c1)c1cc(C)ccc1n2-c1cc(-c2ccccc2-c2nc(-c3ccccc3)nc(-c3ccccc3)n2)c(-c2ccc(-n3c4ccccc4c4cc(C(C)(C)C)ccc43)cc2)c(-c2ccc(-n3c4ccccc4c4cc(C(C)(C)C)ccc43)cc2)n1. The molecule has 0 aliphatic heterocycles. The Bertz CT molecular complexity index is 5420. The standard InChI is InChI=1S/C84H67N7/c1-52-31-43-75-66(47-52)67-48-53(2)32-44-76(67)91(75)77-51-70(62-25-15-16-28-65(62)82-87-80(56-21-11-9-12-22-56)86-81(88-82)57-23-13-10-14-24-57)78(54-33-39-60(40-34-54)89-71-29-19-17-26-63(71)68-49-58(83(3,4)5)37-45-73(68)89)79(85-77)55-35-41-61(42-36-55)90-72-30-20-18-27-64(72)69-50-59(84(6,7)8)38-46-74(69)90/h9-51H,1-8H3. The summed E-state index contributed by atoms with van der Waals surface area (Å²) in [5.41, 5.74) is 22.4. The molecule has 0 radical (unpaired) electrons. The third-order valence-electron chi connectivity index (χ3n) is 18.4. The fourth-order valence-corrected chi connectivity index (χ4v) is 13.7. The fourth-order valence-electron chi connectivity index (χ4n) is 13.7. The molecule has 0 saturated heterocycles. The summed E-state index contributed by atoms with van der Waals surface area (Å²) in [7, 11) is 0. The molecule has 0 saturated carbocycles. The highest BCUT2D eigenvalue weighted by Crippen LogP contribution is 2.47. The smallest absolute Gasteiger partial charge is 0.164 e. The molecule has 0 spiro atoms. The summed E-state index contributed by atoms with van der Waals surface area (Å²) in [6.45, 7) is 18.1. The van der Waals surface area contributed by atoms with Crippen molar-refractivity contribution < 1.29 is 0 Å². The number of hydrogen-bond acceptors (Lipinski definition) is 4. The molecule has 5 heterocycles. The number of pyridine rings is 1. The first kappa shape index (κ1) is 55.3. The van der Waals surface area contributed by atoms with E-state index in [1.54, 1.807) is 0 Å². The van der Waals surface area contributed by atoms with Crippen LogP contribution in [0.25, 0.3) is 150 Å². The van der Waals surface area contributed by atoms with E-state index >= 15 is 0 Å². The van der Waals surface area contributed by atoms with Crippen molar-refractivity contribution in [3.8, 4) is 84.9 Å². The second kappa shape index (κ2) is 21.4. The molecular weight excluding hydrogens is 1110 g/mol. The van der Waals surface area contributed by atoms with Crippen LogP contribution in [0, 0.1) is 13.8 Å². The van der Waals surface area contributed by atoms with Gasteiger partial charge in [0.2, 0.25) is 0 Å². The Balaban J connectivity index is 0.981. The van der Waals surface area contributed by atoms with Crippen LogP contribution < -0.4 is 0 Å². The molecule has 7 heteroatoms. The summed E-state index contributed by atoms with van der Waals surface area (Å²) in [6, 6.07) is 94.7. The maximum Gasteiger partial charge on any atom is 0.164 e. The van der Waals surface area contributed by atoms with Crippen LogP contribution in [-0.2, 0) is 10.8 Å². The average molecular weight is 1170 g/mol. The van der Waals surface area contributed by atoms with Gasteiger partial charge in [0.25, 0.3) is 0 Å². The molecule has 16 rings (SSSR count). The molecule has 16 aromatic rings. The largest absolute Gasteiger partial charge is 0.309 e. The molecule has 91 heavy (non-hydrogen) atoms. The van der Waals surface area contributed by atoms with Gasteiger partial charge in [0.15, 0.2) is 17.5 Å². The number of aryl methyl sites for hydroxylation is 2. The minimum Gasteiger partial charge on any atom is -0.309 e. The van der Waals surface area contributed by atoms with Crippen LogP contribution in [0.1, 0.15) is 63.8 Å². The zero-order chi connectivity index (χ0) is 61.9. The Labute approximate surface area is 530 Å². The van der Waals surface area contributed by atoms with E-state index in [9.17, 15) is 0 Å². The van der Waals surface area contributed by atoms with E-state index in [2.05, 4.69) is 294 Å². The summed E-state index contributed by atoms with van der Waals surface area (Å²) in [5.74, 6) is 2.55. The van der Waals surface area contributed by atoms with Crippen LogP contribution in [-0.4, -0.2) is 33.6 Å². The normalized spacial score (nSPS) is 12.2. The second-order valence-electron chi connectivity index (χ2n) is 26.5. The number of aromatic nitrogens is 7. The van der Waals surface area contributed by atoms with Crippen molar-refractivity contribution >= 4 is 65.4 Å². The summed E-state index contributed by atoms with van der Waals surface area (Å²) < 4.78 is 7.19. The first-order chi connectivity index (χ1) is 44.2. The van der Waals surface area contributed by atoms with Crippen molar-refractivity contribution in [3.05, 3.63) is 283 Å². The van der Waals surface area contributed by atoms with Gasteiger partial charge < -0.3 is 9.13 Å². The van der Waals surface area contributed by atoms with Crippen LogP contribution in [0.15, 0.2) is 261 Å². The Morgan fingerprint density at radius 3 is 1.16 bits per heavy atom. The molecule has 0 amide bonds. The van der Waals surface area contributed by atoms with Crippen molar-refractivity contribution in [1.29, 1.82) is 0 Å². The molecule has 0 aliphatic rings. The van der Waals surface area contributed by atoms with Crippen LogP contribution in [0.5, 0.6) is 0 Å². The molecule has 0 unspecified atom stereocenters. The molecule has 0 aliphatic carbocycles. The number of hydrogen-bond donors (Lipinski definition) is 0. The van der Waals surface area contributed by atoms with E-state index in [4.69, 9.17) is 19.9 Å². The van der Waals surface area contributed by atoms with Gasteiger partial charge in [0.05, 0.1) is 38.8 Å². The number of para-hydroxylation sites is 2. The number of rotatable bonds is 9. The van der Waals surface area contributed by atoms with Crippen LogP contribution in [0.3, 0.4) is 0 Å². The highest BCUT2D eigenvalue weighted by Gasteiger charge is 2.27. The Kier molecular flexibility index (Phi) is 13.0. The lowest BCUT2D eigenvalue weighted by Crippen LogP contribution is -2.10. The van der Waals surface area contributed by atoms with Gasteiger partial charge in [-0.3, -0.25) is 4.57 Å². The van der Waals surface area contributed by atoms with Gasteiger partial charge in [-0.25, -0.2) is 19.9 Å². The van der Waals surface area contributed by atoms with Crippen molar-refractivity contribution in [2.75, 3.05) is 0 Å². The third-order valence-corrected chi connectivity index (χ3v) is 18.4. The lowest BCUT2D eigenvalue weighted by Gasteiger charge is -2.21. The first-order valence-corrected chi connectivity index (χ1v) is 31.5. The van der Waals surface area contributed by atoms with E-state index in [1.807, 2.05) is 36.4 Å². The zero-order valence-electron chi connectivity index (χ0n) is 52.5. The topological polar surface area (TPSA) is 66.3 Å². The molecule has 0 fully saturated rings. The second-order valence-corrected chi connectivity index (χ2v) is 26.5. The molecule has 7 nitrogen and oxygen atoms in total. The first-order valence-electron chi connectivity index (χ1n) is 31.5. The van der Waals surface area contributed by atoms with Gasteiger partial charge in [-0.2, -0.15) is 0 Å². The number of benzene rings is 11. The van der Waals surface area contributed by atoms with Gasteiger partial charge >= 0.3 is 0 Å². The van der Waals surface area contributed by atoms with E-state index in [0.29, 0.717) is 17.5 Å². The van der Waals surface area contributed by atoms with Crippen molar-refractivity contribution in [3.63, 3.8) is 0 Å². The van der Waals surface area contributed by atoms with Gasteiger partial charge in [0.1, 0.15) is 5.82 Å². The van der Waals surface area contributed by atoms with Gasteiger partial charge in [-0.15, -0.1) is 0 Å². The van der Waals surface area contributed by atoms with Gasteiger partial charge in [-0.1, -0.05) is 223 Å². The zero-order valence-corrected chi connectivity index (χ0v) is 52.5. The quantitative estimate of drug-likeness (QED) is 0.144. The van der Waals surface area contributed by atoms with Crippen LogP contribution in [0.2, 0.25) is 0 Å². The van der Waals surface area contributed by atoms with Crippen LogP contribution >= 0.6 is 0 Å². The summed E-state index contributed by atoms with van der Waals surface area (Å²) in [5, 5.41) is 7.31. The Morgan fingerprint density at radius 1 is 0.275 bits per heavy atom. The van der Waals surface area contributed by atoms with Crippen LogP contribution in [0.4, 0.5) is 0 Å². The van der Waals surface area contributed by atoms with E-state index in [0.717, 1.165) is 89.5 Å². The summed E-state index contributed by atoms with van der Waals surface area (Å²) in [4.78, 5) is 22.0. The minimum atomic E-state index is -0.00396. The van der Waals surface area contributed by atoms with Crippen molar-refractivity contribution in [1.82, 2.24) is 33.6 Å². The van der Waals surface area contributed by atoms with Gasteiger partial charge in [0, 0.05) is 71.5 Å². The molecular formula is C84H67N7. The van der Waals surface area contributed by atoms with Gasteiger partial charge in [-0.05, 0) is 143 Å².